The van der Waals surface area contributed by atoms with Crippen LogP contribution in [0.3, 0.4) is 0 Å². The number of halogens is 2. The molecule has 1 amide bonds. The Balaban J connectivity index is 0.00000121. The van der Waals surface area contributed by atoms with E-state index in [1.807, 2.05) is 15.8 Å². The van der Waals surface area contributed by atoms with E-state index in [1.54, 1.807) is 0 Å². The third-order valence-electron chi connectivity index (χ3n) is 5.83. The Labute approximate surface area is 167 Å². The minimum Gasteiger partial charge on any atom is -0.332 e. The molecule has 0 spiro atoms. The number of aromatic nitrogens is 3. The Hall–Kier alpha value is -0.890. The minimum absolute atomic E-state index is 0. The van der Waals surface area contributed by atoms with Gasteiger partial charge in [-0.05, 0) is 45.4 Å². The summed E-state index contributed by atoms with van der Waals surface area (Å²) in [5, 5.41) is 8.39. The van der Waals surface area contributed by atoms with Crippen LogP contribution >= 0.6 is 24.8 Å². The van der Waals surface area contributed by atoms with Gasteiger partial charge in [-0.3, -0.25) is 9.69 Å². The lowest BCUT2D eigenvalue weighted by Crippen LogP contribution is -2.54. The number of hydrogen-bond donors (Lipinski definition) is 1. The molecule has 0 bridgehead atoms. The van der Waals surface area contributed by atoms with Gasteiger partial charge in [0.1, 0.15) is 0 Å². The summed E-state index contributed by atoms with van der Waals surface area (Å²) in [6, 6.07) is 1.66. The fourth-order valence-corrected chi connectivity index (χ4v) is 4.13. The van der Waals surface area contributed by atoms with Crippen molar-refractivity contribution in [1.29, 1.82) is 0 Å². The predicted octanol–water partition coefficient (Wildman–Crippen LogP) is 1.87. The van der Waals surface area contributed by atoms with Crippen LogP contribution in [0.1, 0.15) is 62.0 Å². The van der Waals surface area contributed by atoms with Crippen LogP contribution in [0.25, 0.3) is 0 Å². The number of nitrogens with zero attached hydrogens (tertiary/aromatic N) is 5. The largest absolute Gasteiger partial charge is 0.332 e. The summed E-state index contributed by atoms with van der Waals surface area (Å²) < 4.78 is 1.88. The smallest absolute Gasteiger partial charge is 0.276 e. The molecule has 26 heavy (non-hydrogen) atoms. The second-order valence-electron chi connectivity index (χ2n) is 7.73. The first-order valence-corrected chi connectivity index (χ1v) is 9.34. The van der Waals surface area contributed by atoms with E-state index in [-0.39, 0.29) is 36.8 Å². The molecule has 0 radical (unpaired) electrons. The van der Waals surface area contributed by atoms with E-state index in [1.165, 1.54) is 12.8 Å². The predicted molar refractivity (Wildman–Crippen MR) is 105 cm³/mol. The SMILES string of the molecule is CC1CN(C2CC2)CCN1C(=O)c1cn(C2CCC(N)CC2)nn1.Cl.Cl. The Morgan fingerprint density at radius 3 is 2.35 bits per heavy atom. The zero-order chi connectivity index (χ0) is 16.7. The van der Waals surface area contributed by atoms with E-state index in [0.717, 1.165) is 51.4 Å². The molecule has 1 atom stereocenters. The van der Waals surface area contributed by atoms with Gasteiger partial charge in [0.05, 0.1) is 12.2 Å². The van der Waals surface area contributed by atoms with E-state index < -0.39 is 0 Å². The Bertz CT molecular complexity index is 600. The molecule has 2 N–H and O–H groups in total. The summed E-state index contributed by atoms with van der Waals surface area (Å²) in [4.78, 5) is 17.3. The van der Waals surface area contributed by atoms with Crippen molar-refractivity contribution in [2.75, 3.05) is 19.6 Å². The summed E-state index contributed by atoms with van der Waals surface area (Å²) >= 11 is 0. The van der Waals surface area contributed by atoms with Gasteiger partial charge in [-0.2, -0.15) is 0 Å². The van der Waals surface area contributed by atoms with Crippen molar-refractivity contribution in [2.24, 2.45) is 5.73 Å². The topological polar surface area (TPSA) is 80.3 Å². The van der Waals surface area contributed by atoms with Gasteiger partial charge in [0.25, 0.3) is 5.91 Å². The standard InChI is InChI=1S/C17H28N6O.2ClH/c1-12-10-21(14-6-7-14)8-9-22(12)17(24)16-11-23(20-19-16)15-4-2-13(18)3-5-15;;/h11-15H,2-10,18H2,1H3;2*1H. The minimum atomic E-state index is 0. The molecule has 0 aromatic carbocycles. The molecule has 3 aliphatic rings. The van der Waals surface area contributed by atoms with E-state index in [4.69, 9.17) is 5.73 Å². The molecule has 1 aromatic rings. The third kappa shape index (κ3) is 4.50. The fraction of sp³-hybridized carbons (Fsp3) is 0.824. The first-order valence-electron chi connectivity index (χ1n) is 9.34. The fourth-order valence-electron chi connectivity index (χ4n) is 4.13. The van der Waals surface area contributed by atoms with Gasteiger partial charge in [-0.15, -0.1) is 29.9 Å². The van der Waals surface area contributed by atoms with Crippen LogP contribution in [0, 0.1) is 0 Å². The van der Waals surface area contributed by atoms with Crippen LogP contribution in [0.5, 0.6) is 0 Å². The number of carbonyl (C=O) groups excluding carboxylic acids is 1. The van der Waals surface area contributed by atoms with Crippen molar-refractivity contribution < 1.29 is 4.79 Å². The number of nitrogens with two attached hydrogens (primary N) is 1. The third-order valence-corrected chi connectivity index (χ3v) is 5.83. The van der Waals surface area contributed by atoms with Gasteiger partial charge in [-0.1, -0.05) is 5.21 Å². The lowest BCUT2D eigenvalue weighted by molar-refractivity contribution is 0.0468. The summed E-state index contributed by atoms with van der Waals surface area (Å²) in [7, 11) is 0. The summed E-state index contributed by atoms with van der Waals surface area (Å²) in [6.45, 7) is 4.89. The number of carbonyl (C=O) groups is 1. The molecular weight excluding hydrogens is 375 g/mol. The normalized spacial score (nSPS) is 29.6. The highest BCUT2D eigenvalue weighted by Crippen LogP contribution is 2.29. The molecule has 9 heteroatoms. The van der Waals surface area contributed by atoms with Crippen molar-refractivity contribution in [2.45, 2.75) is 69.6 Å². The van der Waals surface area contributed by atoms with Gasteiger partial charge in [-0.25, -0.2) is 4.68 Å². The summed E-state index contributed by atoms with van der Waals surface area (Å²) in [6.07, 6.45) is 8.56. The molecule has 1 aromatic heterocycles. The van der Waals surface area contributed by atoms with E-state index >= 15 is 0 Å². The maximum atomic E-state index is 12.8. The average molecular weight is 405 g/mol. The number of amides is 1. The molecule has 1 aliphatic heterocycles. The first kappa shape index (κ1) is 21.4. The quantitative estimate of drug-likeness (QED) is 0.831. The van der Waals surface area contributed by atoms with E-state index in [0.29, 0.717) is 17.8 Å². The highest BCUT2D eigenvalue weighted by atomic mass is 35.5. The second kappa shape index (κ2) is 8.87. The first-order chi connectivity index (χ1) is 11.6. The van der Waals surface area contributed by atoms with Gasteiger partial charge < -0.3 is 10.6 Å². The van der Waals surface area contributed by atoms with Crippen LogP contribution in [0.4, 0.5) is 0 Å². The van der Waals surface area contributed by atoms with E-state index in [2.05, 4.69) is 22.1 Å². The van der Waals surface area contributed by atoms with Crippen molar-refractivity contribution in [1.82, 2.24) is 24.8 Å². The summed E-state index contributed by atoms with van der Waals surface area (Å²) in [5.41, 5.74) is 6.45. The molecule has 2 saturated carbocycles. The van der Waals surface area contributed by atoms with Crippen LogP contribution in [-0.2, 0) is 0 Å². The molecule has 2 heterocycles. The zero-order valence-corrected chi connectivity index (χ0v) is 16.9. The Morgan fingerprint density at radius 1 is 1.08 bits per heavy atom. The summed E-state index contributed by atoms with van der Waals surface area (Å²) in [5.74, 6) is 0.0247. The van der Waals surface area contributed by atoms with Crippen LogP contribution in [0.15, 0.2) is 6.20 Å². The molecule has 4 rings (SSSR count). The Morgan fingerprint density at radius 2 is 1.73 bits per heavy atom. The maximum Gasteiger partial charge on any atom is 0.276 e. The van der Waals surface area contributed by atoms with Crippen molar-refractivity contribution >= 4 is 30.7 Å². The molecule has 3 fully saturated rings. The van der Waals surface area contributed by atoms with Crippen LogP contribution in [-0.4, -0.2) is 68.5 Å². The van der Waals surface area contributed by atoms with Gasteiger partial charge in [0.2, 0.25) is 0 Å². The van der Waals surface area contributed by atoms with Crippen LogP contribution in [0.2, 0.25) is 0 Å². The monoisotopic (exact) mass is 404 g/mol. The number of piperazine rings is 1. The highest BCUT2D eigenvalue weighted by molar-refractivity contribution is 5.92. The van der Waals surface area contributed by atoms with Crippen molar-refractivity contribution in [3.63, 3.8) is 0 Å². The zero-order valence-electron chi connectivity index (χ0n) is 15.3. The van der Waals surface area contributed by atoms with Crippen molar-refractivity contribution in [3.05, 3.63) is 11.9 Å². The van der Waals surface area contributed by atoms with Gasteiger partial charge >= 0.3 is 0 Å². The number of rotatable bonds is 3. The van der Waals surface area contributed by atoms with Crippen LogP contribution < -0.4 is 5.73 Å². The molecule has 1 saturated heterocycles. The van der Waals surface area contributed by atoms with Gasteiger partial charge in [0.15, 0.2) is 5.69 Å². The number of hydrogen-bond acceptors (Lipinski definition) is 5. The highest BCUT2D eigenvalue weighted by Gasteiger charge is 2.36. The molecule has 1 unspecified atom stereocenters. The van der Waals surface area contributed by atoms with Crippen molar-refractivity contribution in [3.8, 4) is 0 Å². The Kier molecular flexibility index (Phi) is 7.30. The lowest BCUT2D eigenvalue weighted by Gasteiger charge is -2.39. The second-order valence-corrected chi connectivity index (χ2v) is 7.73. The average Bonchev–Trinajstić information content (AvgIpc) is 3.32. The molecule has 2 aliphatic carbocycles. The lowest BCUT2D eigenvalue weighted by atomic mass is 9.92. The van der Waals surface area contributed by atoms with E-state index in [9.17, 15) is 4.79 Å². The van der Waals surface area contributed by atoms with Gasteiger partial charge in [0, 0.05) is 37.8 Å². The molecule has 7 nitrogen and oxygen atoms in total. The molecule has 148 valence electrons. The maximum absolute atomic E-state index is 12.8. The molecular formula is C17H30Cl2N6O.